The second-order valence-electron chi connectivity index (χ2n) is 7.16. The third kappa shape index (κ3) is 6.08. The first-order valence-corrected chi connectivity index (χ1v) is 9.77. The molecule has 0 unspecified atom stereocenters. The molecule has 1 saturated carbocycles. The smallest absolute Gasteiger partial charge is 0.239 e. The Balaban J connectivity index is 1.52. The highest BCUT2D eigenvalue weighted by atomic mass is 19.1. The van der Waals surface area contributed by atoms with Gasteiger partial charge in [0, 0.05) is 11.7 Å². The van der Waals surface area contributed by atoms with Crippen LogP contribution in [0.15, 0.2) is 48.5 Å². The molecule has 1 fully saturated rings. The molecule has 0 aliphatic heterocycles. The zero-order valence-corrected chi connectivity index (χ0v) is 15.8. The van der Waals surface area contributed by atoms with Gasteiger partial charge in [0.25, 0.3) is 0 Å². The van der Waals surface area contributed by atoms with Crippen molar-refractivity contribution in [1.82, 2.24) is 5.32 Å². The van der Waals surface area contributed by atoms with Gasteiger partial charge in [0.1, 0.15) is 5.82 Å². The second-order valence-corrected chi connectivity index (χ2v) is 7.16. The van der Waals surface area contributed by atoms with Gasteiger partial charge in [-0.15, -0.1) is 0 Å². The summed E-state index contributed by atoms with van der Waals surface area (Å²) in [6, 6.07) is 13.9. The summed E-state index contributed by atoms with van der Waals surface area (Å²) in [5.41, 5.74) is 1.53. The van der Waals surface area contributed by atoms with E-state index < -0.39 is 5.82 Å². The first-order valence-electron chi connectivity index (χ1n) is 9.77. The number of halogens is 1. The number of carbonyl (C=O) groups excluding carboxylic acids is 2. The van der Waals surface area contributed by atoms with Gasteiger partial charge in [-0.3, -0.25) is 9.59 Å². The summed E-state index contributed by atoms with van der Waals surface area (Å²) in [6.07, 6.45) is 5.77. The van der Waals surface area contributed by atoms with Gasteiger partial charge in [-0.25, -0.2) is 4.39 Å². The summed E-state index contributed by atoms with van der Waals surface area (Å²) in [5.74, 6) is -0.887. The third-order valence-electron chi connectivity index (χ3n) is 4.87. The van der Waals surface area contributed by atoms with Gasteiger partial charge in [0.2, 0.25) is 11.8 Å². The Labute approximate surface area is 164 Å². The highest BCUT2D eigenvalue weighted by molar-refractivity contribution is 5.93. The lowest BCUT2D eigenvalue weighted by molar-refractivity contribution is -0.120. The van der Waals surface area contributed by atoms with Gasteiger partial charge >= 0.3 is 0 Å². The molecule has 0 heterocycles. The van der Waals surface area contributed by atoms with Crippen molar-refractivity contribution in [1.29, 1.82) is 0 Å². The molecule has 0 aromatic heterocycles. The average Bonchev–Trinajstić information content (AvgIpc) is 2.70. The minimum atomic E-state index is -0.515. The van der Waals surface area contributed by atoms with Crippen molar-refractivity contribution in [3.63, 3.8) is 0 Å². The average molecular weight is 383 g/mol. The first kappa shape index (κ1) is 19.9. The zero-order chi connectivity index (χ0) is 19.8. The number of hydrogen-bond donors (Lipinski definition) is 3. The molecular weight excluding hydrogens is 357 g/mol. The Kier molecular flexibility index (Phi) is 7.00. The summed E-state index contributed by atoms with van der Waals surface area (Å²) in [7, 11) is 0. The number of hydrogen-bond acceptors (Lipinski definition) is 3. The molecule has 0 atom stereocenters. The minimum absolute atomic E-state index is 0.0779. The number of anilines is 2. The molecule has 3 N–H and O–H groups in total. The van der Waals surface area contributed by atoms with E-state index in [0.29, 0.717) is 5.69 Å². The molecule has 148 valence electrons. The summed E-state index contributed by atoms with van der Waals surface area (Å²) >= 11 is 0. The predicted octanol–water partition coefficient (Wildman–Crippen LogP) is 3.87. The number of benzene rings is 2. The molecule has 3 rings (SSSR count). The lowest BCUT2D eigenvalue weighted by atomic mass is 9.95. The van der Waals surface area contributed by atoms with Crippen LogP contribution < -0.4 is 16.0 Å². The molecule has 0 spiro atoms. The van der Waals surface area contributed by atoms with E-state index in [9.17, 15) is 14.0 Å². The molecule has 0 radical (unpaired) electrons. The molecule has 2 aromatic rings. The number of amides is 2. The highest BCUT2D eigenvalue weighted by Crippen LogP contribution is 2.20. The van der Waals surface area contributed by atoms with E-state index in [4.69, 9.17) is 0 Å². The van der Waals surface area contributed by atoms with Crippen molar-refractivity contribution in [3.8, 4) is 0 Å². The minimum Gasteiger partial charge on any atom is -0.376 e. The summed E-state index contributed by atoms with van der Waals surface area (Å²) in [6.45, 7) is 0.111. The molecule has 1 aliphatic rings. The largest absolute Gasteiger partial charge is 0.376 e. The molecule has 28 heavy (non-hydrogen) atoms. The van der Waals surface area contributed by atoms with Crippen LogP contribution in [0.25, 0.3) is 0 Å². The fourth-order valence-electron chi connectivity index (χ4n) is 3.41. The molecule has 0 saturated heterocycles. The van der Waals surface area contributed by atoms with Crippen LogP contribution in [-0.2, 0) is 16.0 Å². The maximum Gasteiger partial charge on any atom is 0.239 e. The van der Waals surface area contributed by atoms with Crippen molar-refractivity contribution < 1.29 is 14.0 Å². The Morgan fingerprint density at radius 3 is 2.46 bits per heavy atom. The Bertz CT molecular complexity index is 805. The number of nitrogens with one attached hydrogen (secondary N) is 3. The van der Waals surface area contributed by atoms with Crippen molar-refractivity contribution >= 4 is 23.2 Å². The van der Waals surface area contributed by atoms with Crippen LogP contribution in [0.5, 0.6) is 0 Å². The van der Waals surface area contributed by atoms with Gasteiger partial charge in [0.15, 0.2) is 0 Å². The van der Waals surface area contributed by atoms with Crippen molar-refractivity contribution in [3.05, 3.63) is 59.9 Å². The number of carbonyl (C=O) groups is 2. The zero-order valence-electron chi connectivity index (χ0n) is 15.8. The van der Waals surface area contributed by atoms with Gasteiger partial charge in [-0.05, 0) is 36.6 Å². The standard InChI is InChI=1S/C22H26FN3O2/c23-19-12-11-18(24-15-22(28)25-17-9-5-2-6-10-17)14-20(19)26-21(27)13-16-7-3-1-4-8-16/h1,3-4,7-8,11-12,14,17,24H,2,5-6,9-10,13,15H2,(H,25,28)(H,26,27). The SMILES string of the molecule is O=C(Cc1ccccc1)Nc1cc(NCC(=O)NC2CCCCC2)ccc1F. The molecule has 5 nitrogen and oxygen atoms in total. The molecular formula is C22H26FN3O2. The molecule has 0 bridgehead atoms. The van der Waals surface area contributed by atoms with E-state index in [1.54, 1.807) is 6.07 Å². The highest BCUT2D eigenvalue weighted by Gasteiger charge is 2.15. The summed E-state index contributed by atoms with van der Waals surface area (Å²) in [4.78, 5) is 24.3. The van der Waals surface area contributed by atoms with Gasteiger partial charge in [-0.2, -0.15) is 0 Å². The van der Waals surface area contributed by atoms with Crippen LogP contribution in [0.1, 0.15) is 37.7 Å². The monoisotopic (exact) mass is 383 g/mol. The Morgan fingerprint density at radius 2 is 1.71 bits per heavy atom. The normalized spacial score (nSPS) is 14.3. The lowest BCUT2D eigenvalue weighted by Crippen LogP contribution is -2.39. The Hall–Kier alpha value is -2.89. The van der Waals surface area contributed by atoms with Gasteiger partial charge in [-0.1, -0.05) is 49.6 Å². The van der Waals surface area contributed by atoms with E-state index in [1.165, 1.54) is 18.6 Å². The maximum atomic E-state index is 14.1. The van der Waals surface area contributed by atoms with E-state index in [2.05, 4.69) is 16.0 Å². The van der Waals surface area contributed by atoms with Gasteiger partial charge < -0.3 is 16.0 Å². The summed E-state index contributed by atoms with van der Waals surface area (Å²) in [5, 5.41) is 8.62. The fraction of sp³-hybridized carbons (Fsp3) is 0.364. The van der Waals surface area contributed by atoms with Crippen LogP contribution in [0.2, 0.25) is 0 Å². The van der Waals surface area contributed by atoms with Crippen molar-refractivity contribution in [2.24, 2.45) is 0 Å². The van der Waals surface area contributed by atoms with E-state index in [0.717, 1.165) is 31.2 Å². The molecule has 2 amide bonds. The fourth-order valence-corrected chi connectivity index (χ4v) is 3.41. The molecule has 6 heteroatoms. The van der Waals surface area contributed by atoms with Gasteiger partial charge in [0.05, 0.1) is 18.7 Å². The lowest BCUT2D eigenvalue weighted by Gasteiger charge is -2.22. The van der Waals surface area contributed by atoms with Crippen molar-refractivity contribution in [2.75, 3.05) is 17.2 Å². The number of rotatable bonds is 7. The predicted molar refractivity (Wildman–Crippen MR) is 109 cm³/mol. The van der Waals surface area contributed by atoms with Crippen LogP contribution in [0.4, 0.5) is 15.8 Å². The van der Waals surface area contributed by atoms with Crippen LogP contribution in [-0.4, -0.2) is 24.4 Å². The van der Waals surface area contributed by atoms with Crippen LogP contribution in [0, 0.1) is 5.82 Å². The second kappa shape index (κ2) is 9.88. The van der Waals surface area contributed by atoms with E-state index in [-0.39, 0.29) is 36.5 Å². The summed E-state index contributed by atoms with van der Waals surface area (Å²) < 4.78 is 14.1. The molecule has 1 aliphatic carbocycles. The van der Waals surface area contributed by atoms with Crippen molar-refractivity contribution in [2.45, 2.75) is 44.6 Å². The quantitative estimate of drug-likeness (QED) is 0.680. The van der Waals surface area contributed by atoms with E-state index in [1.807, 2.05) is 30.3 Å². The first-order chi connectivity index (χ1) is 13.6. The van der Waals surface area contributed by atoms with Crippen LogP contribution in [0.3, 0.4) is 0 Å². The molecule has 2 aromatic carbocycles. The topological polar surface area (TPSA) is 70.2 Å². The maximum absolute atomic E-state index is 14.1. The third-order valence-corrected chi connectivity index (χ3v) is 4.87. The Morgan fingerprint density at radius 1 is 0.964 bits per heavy atom. The van der Waals surface area contributed by atoms with Crippen LogP contribution >= 0.6 is 0 Å². The van der Waals surface area contributed by atoms with E-state index >= 15 is 0 Å².